The summed E-state index contributed by atoms with van der Waals surface area (Å²) in [4.78, 5) is 28.1. The number of hydrogen-bond donors (Lipinski definition) is 0. The first-order valence-corrected chi connectivity index (χ1v) is 6.68. The average Bonchev–Trinajstić information content (AvgIpc) is 2.42. The van der Waals surface area contributed by atoms with Crippen LogP contribution in [0.5, 0.6) is 0 Å². The molecule has 17 heavy (non-hydrogen) atoms. The standard InChI is InChI=1S/C13H22N2O2/c1-10(2)9-14-8-6-12(16)15-7-4-3-5-11(15)13(14)17/h10-11H,3-9H2,1-2H3. The second kappa shape index (κ2) is 5.07. The molecule has 96 valence electrons. The largest absolute Gasteiger partial charge is 0.340 e. The smallest absolute Gasteiger partial charge is 0.245 e. The number of hydrogen-bond acceptors (Lipinski definition) is 2. The van der Waals surface area contributed by atoms with Crippen molar-refractivity contribution in [1.82, 2.24) is 9.80 Å². The molecule has 0 saturated carbocycles. The summed E-state index contributed by atoms with van der Waals surface area (Å²) in [6.07, 6.45) is 3.45. The van der Waals surface area contributed by atoms with Crippen LogP contribution in [0, 0.1) is 5.92 Å². The van der Waals surface area contributed by atoms with Crippen molar-refractivity contribution in [2.24, 2.45) is 5.92 Å². The second-order valence-corrected chi connectivity index (χ2v) is 5.53. The highest BCUT2D eigenvalue weighted by Gasteiger charge is 2.37. The van der Waals surface area contributed by atoms with Crippen molar-refractivity contribution in [2.45, 2.75) is 45.6 Å². The number of amides is 2. The zero-order valence-corrected chi connectivity index (χ0v) is 10.8. The van der Waals surface area contributed by atoms with Crippen molar-refractivity contribution in [2.75, 3.05) is 19.6 Å². The molecule has 0 aromatic carbocycles. The highest BCUT2D eigenvalue weighted by atomic mass is 16.2. The van der Waals surface area contributed by atoms with Crippen molar-refractivity contribution in [1.29, 1.82) is 0 Å². The third-order valence-corrected chi connectivity index (χ3v) is 3.60. The van der Waals surface area contributed by atoms with Gasteiger partial charge in [0.25, 0.3) is 0 Å². The molecule has 0 aliphatic carbocycles. The Hall–Kier alpha value is -1.06. The van der Waals surface area contributed by atoms with Crippen LogP contribution in [0.3, 0.4) is 0 Å². The fourth-order valence-electron chi connectivity index (χ4n) is 2.80. The van der Waals surface area contributed by atoms with Gasteiger partial charge in [-0.3, -0.25) is 9.59 Å². The molecule has 4 heteroatoms. The number of rotatable bonds is 2. The predicted molar refractivity (Wildman–Crippen MR) is 65.4 cm³/mol. The molecule has 2 aliphatic rings. The van der Waals surface area contributed by atoms with Gasteiger partial charge >= 0.3 is 0 Å². The van der Waals surface area contributed by atoms with Gasteiger partial charge in [-0.05, 0) is 25.2 Å². The van der Waals surface area contributed by atoms with E-state index in [2.05, 4.69) is 13.8 Å². The third kappa shape index (κ3) is 2.61. The topological polar surface area (TPSA) is 40.6 Å². The number of piperidine rings is 1. The lowest BCUT2D eigenvalue weighted by atomic mass is 10.0. The van der Waals surface area contributed by atoms with Gasteiger partial charge in [0.1, 0.15) is 6.04 Å². The van der Waals surface area contributed by atoms with E-state index in [0.717, 1.165) is 32.4 Å². The van der Waals surface area contributed by atoms with E-state index in [1.54, 1.807) is 0 Å². The molecule has 2 amide bonds. The molecule has 4 nitrogen and oxygen atoms in total. The van der Waals surface area contributed by atoms with Gasteiger partial charge in [-0.15, -0.1) is 0 Å². The maximum atomic E-state index is 12.4. The Kier molecular flexibility index (Phi) is 3.69. The van der Waals surface area contributed by atoms with Crippen molar-refractivity contribution in [3.05, 3.63) is 0 Å². The zero-order valence-electron chi connectivity index (χ0n) is 10.8. The minimum Gasteiger partial charge on any atom is -0.340 e. The minimum absolute atomic E-state index is 0.161. The Bertz CT molecular complexity index is 315. The number of fused-ring (bicyclic) bond motifs is 1. The van der Waals surface area contributed by atoms with E-state index in [4.69, 9.17) is 0 Å². The van der Waals surface area contributed by atoms with Crippen molar-refractivity contribution in [3.63, 3.8) is 0 Å². The molecule has 0 radical (unpaired) electrons. The van der Waals surface area contributed by atoms with Crippen LogP contribution in [0.1, 0.15) is 39.5 Å². The van der Waals surface area contributed by atoms with Crippen LogP contribution in [-0.4, -0.2) is 47.3 Å². The van der Waals surface area contributed by atoms with Crippen molar-refractivity contribution >= 4 is 11.8 Å². The summed E-state index contributed by atoms with van der Waals surface area (Å²) < 4.78 is 0. The monoisotopic (exact) mass is 238 g/mol. The maximum absolute atomic E-state index is 12.4. The molecule has 2 fully saturated rings. The lowest BCUT2D eigenvalue weighted by Gasteiger charge is -2.34. The molecule has 1 atom stereocenters. The summed E-state index contributed by atoms with van der Waals surface area (Å²) in [5, 5.41) is 0. The molecular weight excluding hydrogens is 216 g/mol. The highest BCUT2D eigenvalue weighted by molar-refractivity contribution is 5.90. The normalized spacial score (nSPS) is 26.2. The first-order chi connectivity index (χ1) is 8.09. The summed E-state index contributed by atoms with van der Waals surface area (Å²) in [6.45, 7) is 6.36. The summed E-state index contributed by atoms with van der Waals surface area (Å²) in [5.41, 5.74) is 0. The first-order valence-electron chi connectivity index (χ1n) is 6.68. The molecule has 0 spiro atoms. The summed E-state index contributed by atoms with van der Waals surface area (Å²) in [6, 6.07) is -0.169. The first kappa shape index (κ1) is 12.4. The molecule has 0 N–H and O–H groups in total. The van der Waals surface area contributed by atoms with Crippen LogP contribution in [0.2, 0.25) is 0 Å². The van der Waals surface area contributed by atoms with Crippen LogP contribution in [0.4, 0.5) is 0 Å². The van der Waals surface area contributed by atoms with Crippen LogP contribution >= 0.6 is 0 Å². The highest BCUT2D eigenvalue weighted by Crippen LogP contribution is 2.23. The quantitative estimate of drug-likeness (QED) is 0.726. The second-order valence-electron chi connectivity index (χ2n) is 5.53. The molecule has 2 aliphatic heterocycles. The van der Waals surface area contributed by atoms with Gasteiger partial charge in [-0.2, -0.15) is 0 Å². The van der Waals surface area contributed by atoms with Gasteiger partial charge < -0.3 is 9.80 Å². The van der Waals surface area contributed by atoms with E-state index in [1.165, 1.54) is 0 Å². The van der Waals surface area contributed by atoms with E-state index >= 15 is 0 Å². The lowest BCUT2D eigenvalue weighted by molar-refractivity contribution is -0.143. The van der Waals surface area contributed by atoms with Gasteiger partial charge in [0.05, 0.1) is 0 Å². The summed E-state index contributed by atoms with van der Waals surface area (Å²) >= 11 is 0. The van der Waals surface area contributed by atoms with E-state index in [0.29, 0.717) is 18.9 Å². The maximum Gasteiger partial charge on any atom is 0.245 e. The third-order valence-electron chi connectivity index (χ3n) is 3.60. The summed E-state index contributed by atoms with van der Waals surface area (Å²) in [7, 11) is 0. The van der Waals surface area contributed by atoms with Crippen molar-refractivity contribution < 1.29 is 9.59 Å². The summed E-state index contributed by atoms with van der Waals surface area (Å²) in [5.74, 6) is 0.794. The Morgan fingerprint density at radius 2 is 2.00 bits per heavy atom. The Balaban J connectivity index is 2.14. The van der Waals surface area contributed by atoms with Gasteiger partial charge in [-0.25, -0.2) is 0 Å². The molecule has 0 aromatic rings. The van der Waals surface area contributed by atoms with Gasteiger partial charge in [0, 0.05) is 26.1 Å². The molecule has 2 heterocycles. The molecule has 0 aromatic heterocycles. The molecular formula is C13H22N2O2. The van der Waals surface area contributed by atoms with Crippen LogP contribution in [0.25, 0.3) is 0 Å². The zero-order chi connectivity index (χ0) is 12.4. The van der Waals surface area contributed by atoms with E-state index < -0.39 is 0 Å². The van der Waals surface area contributed by atoms with Gasteiger partial charge in [-0.1, -0.05) is 13.8 Å². The van der Waals surface area contributed by atoms with E-state index in [-0.39, 0.29) is 17.9 Å². The fourth-order valence-corrected chi connectivity index (χ4v) is 2.80. The van der Waals surface area contributed by atoms with Gasteiger partial charge in [0.2, 0.25) is 11.8 Å². The minimum atomic E-state index is -0.169. The Morgan fingerprint density at radius 1 is 1.24 bits per heavy atom. The SMILES string of the molecule is CC(C)CN1CCC(=O)N2CCCCC2C1=O. The van der Waals surface area contributed by atoms with Crippen LogP contribution in [-0.2, 0) is 9.59 Å². The predicted octanol–water partition coefficient (Wildman–Crippen LogP) is 1.26. The number of carbonyl (C=O) groups excluding carboxylic acids is 2. The molecule has 0 bridgehead atoms. The van der Waals surface area contributed by atoms with Crippen LogP contribution in [0.15, 0.2) is 0 Å². The molecule has 1 unspecified atom stereocenters. The van der Waals surface area contributed by atoms with Crippen molar-refractivity contribution in [3.8, 4) is 0 Å². The Labute approximate surface area is 103 Å². The average molecular weight is 238 g/mol. The number of nitrogens with zero attached hydrogens (tertiary/aromatic N) is 2. The van der Waals surface area contributed by atoms with E-state index in [1.807, 2.05) is 9.80 Å². The molecule has 2 rings (SSSR count). The van der Waals surface area contributed by atoms with E-state index in [9.17, 15) is 9.59 Å². The van der Waals surface area contributed by atoms with Crippen LogP contribution < -0.4 is 0 Å². The van der Waals surface area contributed by atoms with Gasteiger partial charge in [0.15, 0.2) is 0 Å². The molecule has 2 saturated heterocycles. The Morgan fingerprint density at radius 3 is 2.71 bits per heavy atom. The lowest BCUT2D eigenvalue weighted by Crippen LogP contribution is -2.50. The fraction of sp³-hybridized carbons (Fsp3) is 0.846. The number of carbonyl (C=O) groups is 2.